The third-order valence-corrected chi connectivity index (χ3v) is 9.40. The summed E-state index contributed by atoms with van der Waals surface area (Å²) in [5, 5.41) is 4.68. The first kappa shape index (κ1) is 23.8. The Hall–Kier alpha value is -5.74. The van der Waals surface area contributed by atoms with Crippen molar-refractivity contribution in [3.8, 4) is 0 Å². The van der Waals surface area contributed by atoms with Gasteiger partial charge in [-0.15, -0.1) is 0 Å². The standard InChI is InChI=1S/C40H25BN2O/c1-2-13-28(14-3-1)42-34-17-8-6-15-32(34)41-33-16-7-9-18-35(33)43(37-20-10-19-36(42)40(37)41)29-21-22-38-31(25-29)30-23-26-11-4-5-12-27(26)24-39(30)44-38/h1-25H. The quantitative estimate of drug-likeness (QED) is 0.197. The minimum absolute atomic E-state index is 0.134. The lowest BCUT2D eigenvalue weighted by Gasteiger charge is -2.44. The molecule has 0 atom stereocenters. The van der Waals surface area contributed by atoms with Crippen molar-refractivity contribution in [1.29, 1.82) is 0 Å². The van der Waals surface area contributed by atoms with Gasteiger partial charge in [0.1, 0.15) is 11.2 Å². The molecule has 0 spiro atoms. The fourth-order valence-electron chi connectivity index (χ4n) is 7.56. The van der Waals surface area contributed by atoms with E-state index in [1.165, 1.54) is 49.9 Å². The number of rotatable bonds is 2. The lowest BCUT2D eigenvalue weighted by atomic mass is 9.33. The first-order valence-electron chi connectivity index (χ1n) is 15.1. The second-order valence-corrected chi connectivity index (χ2v) is 11.7. The van der Waals surface area contributed by atoms with Crippen molar-refractivity contribution in [3.05, 3.63) is 152 Å². The lowest BCUT2D eigenvalue weighted by molar-refractivity contribution is 0.669. The van der Waals surface area contributed by atoms with Crippen LogP contribution >= 0.6 is 0 Å². The molecule has 0 fully saturated rings. The molecule has 0 unspecified atom stereocenters. The summed E-state index contributed by atoms with van der Waals surface area (Å²) in [6, 6.07) is 54.8. The highest BCUT2D eigenvalue weighted by Crippen LogP contribution is 2.44. The number of anilines is 6. The molecule has 1 aromatic heterocycles. The number of hydrogen-bond acceptors (Lipinski definition) is 3. The third kappa shape index (κ3) is 3.22. The minimum atomic E-state index is 0.134. The van der Waals surface area contributed by atoms with Crippen LogP contribution < -0.4 is 26.2 Å². The van der Waals surface area contributed by atoms with Crippen molar-refractivity contribution in [1.82, 2.24) is 0 Å². The average Bonchev–Trinajstić information content (AvgIpc) is 3.44. The molecular weight excluding hydrogens is 535 g/mol. The number of fused-ring (bicyclic) bond motifs is 8. The van der Waals surface area contributed by atoms with Crippen molar-refractivity contribution in [2.45, 2.75) is 0 Å². The molecule has 3 nitrogen and oxygen atoms in total. The van der Waals surface area contributed by atoms with Gasteiger partial charge in [0.15, 0.2) is 0 Å². The van der Waals surface area contributed by atoms with Crippen molar-refractivity contribution < 1.29 is 4.42 Å². The molecule has 0 saturated carbocycles. The van der Waals surface area contributed by atoms with Crippen molar-refractivity contribution >= 4 is 89.9 Å². The minimum Gasteiger partial charge on any atom is -0.456 e. The molecule has 0 N–H and O–H groups in total. The number of nitrogens with zero attached hydrogens (tertiary/aromatic N) is 2. The fraction of sp³-hybridized carbons (Fsp3) is 0. The number of para-hydroxylation sites is 3. The zero-order chi connectivity index (χ0) is 28.8. The molecule has 4 heteroatoms. The molecule has 0 saturated heterocycles. The third-order valence-electron chi connectivity index (χ3n) is 9.40. The molecule has 10 rings (SSSR count). The molecule has 0 amide bonds. The Kier molecular flexibility index (Phi) is 4.80. The van der Waals surface area contributed by atoms with Crippen molar-refractivity contribution in [2.24, 2.45) is 0 Å². The van der Waals surface area contributed by atoms with Crippen LogP contribution in [0, 0.1) is 0 Å². The van der Waals surface area contributed by atoms with E-state index in [-0.39, 0.29) is 6.71 Å². The second-order valence-electron chi connectivity index (χ2n) is 11.7. The summed E-state index contributed by atoms with van der Waals surface area (Å²) in [7, 11) is 0. The number of benzene rings is 7. The highest BCUT2D eigenvalue weighted by molar-refractivity contribution is 7.00. The first-order valence-corrected chi connectivity index (χ1v) is 15.1. The van der Waals surface area contributed by atoms with Crippen LogP contribution in [0.15, 0.2) is 156 Å². The predicted octanol–water partition coefficient (Wildman–Crippen LogP) is 8.82. The molecule has 3 heterocycles. The van der Waals surface area contributed by atoms with Crippen molar-refractivity contribution in [2.75, 3.05) is 9.80 Å². The van der Waals surface area contributed by atoms with Crippen LogP contribution in [0.3, 0.4) is 0 Å². The SMILES string of the molecule is c1ccc(N2c3ccccc3B3c4ccccc4N(c4ccc5oc6cc7ccccc7cc6c5c4)c4cccc2c43)cc1. The highest BCUT2D eigenvalue weighted by atomic mass is 16.3. The van der Waals surface area contributed by atoms with Gasteiger partial charge in [-0.1, -0.05) is 84.9 Å². The Morgan fingerprint density at radius 2 is 0.977 bits per heavy atom. The van der Waals surface area contributed by atoms with E-state index in [1.807, 2.05) is 0 Å². The summed E-state index contributed by atoms with van der Waals surface area (Å²) >= 11 is 0. The van der Waals surface area contributed by atoms with Gasteiger partial charge in [0.05, 0.1) is 0 Å². The molecule has 7 aromatic carbocycles. The van der Waals surface area contributed by atoms with E-state index in [2.05, 4.69) is 161 Å². The first-order chi connectivity index (χ1) is 21.8. The van der Waals surface area contributed by atoms with E-state index in [4.69, 9.17) is 4.42 Å². The van der Waals surface area contributed by atoms with E-state index in [0.29, 0.717) is 0 Å². The van der Waals surface area contributed by atoms with Gasteiger partial charge in [-0.25, -0.2) is 0 Å². The molecule has 204 valence electrons. The Morgan fingerprint density at radius 1 is 0.409 bits per heavy atom. The Morgan fingerprint density at radius 3 is 1.70 bits per heavy atom. The molecule has 8 aromatic rings. The maximum absolute atomic E-state index is 6.38. The number of hydrogen-bond donors (Lipinski definition) is 0. The average molecular weight is 560 g/mol. The molecule has 2 aliphatic rings. The summed E-state index contributed by atoms with van der Waals surface area (Å²) < 4.78 is 6.38. The predicted molar refractivity (Wildman–Crippen MR) is 185 cm³/mol. The summed E-state index contributed by atoms with van der Waals surface area (Å²) in [5.41, 5.74) is 13.0. The molecular formula is C40H25BN2O. The van der Waals surface area contributed by atoms with Crippen LogP contribution in [0.25, 0.3) is 32.7 Å². The maximum Gasteiger partial charge on any atom is 0.252 e. The van der Waals surface area contributed by atoms with E-state index in [0.717, 1.165) is 33.3 Å². The van der Waals surface area contributed by atoms with Crippen molar-refractivity contribution in [3.63, 3.8) is 0 Å². The van der Waals surface area contributed by atoms with Crippen LogP contribution in [-0.2, 0) is 0 Å². The normalized spacial score (nSPS) is 13.3. The fourth-order valence-corrected chi connectivity index (χ4v) is 7.56. The number of furan rings is 1. The van der Waals surface area contributed by atoms with Crippen LogP contribution in [0.5, 0.6) is 0 Å². The van der Waals surface area contributed by atoms with Gasteiger partial charge in [0.25, 0.3) is 6.71 Å². The molecule has 0 aliphatic carbocycles. The summed E-state index contributed by atoms with van der Waals surface area (Å²) in [4.78, 5) is 4.87. The lowest BCUT2D eigenvalue weighted by Crippen LogP contribution is -2.61. The van der Waals surface area contributed by atoms with Gasteiger partial charge >= 0.3 is 0 Å². The van der Waals surface area contributed by atoms with Crippen LogP contribution in [0.1, 0.15) is 0 Å². The Labute approximate surface area is 255 Å². The highest BCUT2D eigenvalue weighted by Gasteiger charge is 2.42. The van der Waals surface area contributed by atoms with Gasteiger partial charge in [0.2, 0.25) is 0 Å². The smallest absolute Gasteiger partial charge is 0.252 e. The van der Waals surface area contributed by atoms with Gasteiger partial charge in [-0.05, 0) is 93.9 Å². The monoisotopic (exact) mass is 560 g/mol. The molecule has 44 heavy (non-hydrogen) atoms. The van der Waals surface area contributed by atoms with Crippen LogP contribution in [0.2, 0.25) is 0 Å². The van der Waals surface area contributed by atoms with Gasteiger partial charge in [-0.3, -0.25) is 0 Å². The Balaban J connectivity index is 1.25. The van der Waals surface area contributed by atoms with Gasteiger partial charge < -0.3 is 14.2 Å². The van der Waals surface area contributed by atoms with E-state index >= 15 is 0 Å². The largest absolute Gasteiger partial charge is 0.456 e. The van der Waals surface area contributed by atoms with Crippen LogP contribution in [0.4, 0.5) is 34.1 Å². The zero-order valence-electron chi connectivity index (χ0n) is 23.8. The summed E-state index contributed by atoms with van der Waals surface area (Å²) in [6.07, 6.45) is 0. The Bertz CT molecular complexity index is 2430. The second kappa shape index (κ2) is 8.89. The van der Waals surface area contributed by atoms with Gasteiger partial charge in [0, 0.05) is 44.9 Å². The summed E-state index contributed by atoms with van der Waals surface area (Å²) in [5.74, 6) is 0. The molecule has 0 bridgehead atoms. The molecule has 2 aliphatic heterocycles. The van der Waals surface area contributed by atoms with Crippen LogP contribution in [-0.4, -0.2) is 6.71 Å². The van der Waals surface area contributed by atoms with E-state index < -0.39 is 0 Å². The topological polar surface area (TPSA) is 19.6 Å². The van der Waals surface area contributed by atoms with Gasteiger partial charge in [-0.2, -0.15) is 0 Å². The van der Waals surface area contributed by atoms with E-state index in [1.54, 1.807) is 0 Å². The summed E-state index contributed by atoms with van der Waals surface area (Å²) in [6.45, 7) is 0.134. The molecule has 0 radical (unpaired) electrons. The zero-order valence-corrected chi connectivity index (χ0v) is 23.8. The van der Waals surface area contributed by atoms with E-state index in [9.17, 15) is 0 Å². The maximum atomic E-state index is 6.38.